The van der Waals surface area contributed by atoms with Gasteiger partial charge in [0.15, 0.2) is 5.75 Å². The first-order chi connectivity index (χ1) is 12.4. The molecule has 0 fully saturated rings. The minimum absolute atomic E-state index is 0. The van der Waals surface area contributed by atoms with Crippen molar-refractivity contribution in [3.05, 3.63) is 29.3 Å². The van der Waals surface area contributed by atoms with Gasteiger partial charge in [-0.15, -0.1) is 0 Å². The molecule has 0 spiro atoms. The third-order valence-corrected chi connectivity index (χ3v) is 3.91. The van der Waals surface area contributed by atoms with Crippen molar-refractivity contribution in [1.29, 1.82) is 0 Å². The summed E-state index contributed by atoms with van der Waals surface area (Å²) in [5.74, 6) is 0.740. The molecule has 1 heterocycles. The Labute approximate surface area is 239 Å². The number of rotatable bonds is 8. The van der Waals surface area contributed by atoms with Gasteiger partial charge in [-0.1, -0.05) is 57.6 Å². The van der Waals surface area contributed by atoms with E-state index < -0.39 is 7.82 Å². The van der Waals surface area contributed by atoms with Crippen LogP contribution >= 0.6 is 7.82 Å². The summed E-state index contributed by atoms with van der Waals surface area (Å²) >= 11 is 0. The Bertz CT molecular complexity index is 525. The SMILES string of the molecule is CCCCCCCCCc1c2cccc1OOOOCC2.O=P([O-])([O-])[O-].[Na+].[Na+].[Na+]. The minimum atomic E-state index is -5.39. The normalized spacial score (nSPS) is 12.8. The Morgan fingerprint density at radius 1 is 0.931 bits per heavy atom. The van der Waals surface area contributed by atoms with Crippen molar-refractivity contribution in [3.8, 4) is 5.75 Å². The van der Waals surface area contributed by atoms with Crippen molar-refractivity contribution < 1.29 is 128 Å². The number of phosphoric acid groups is 1. The van der Waals surface area contributed by atoms with E-state index in [1.807, 2.05) is 12.1 Å². The zero-order valence-corrected chi connectivity index (χ0v) is 24.9. The van der Waals surface area contributed by atoms with Crippen molar-refractivity contribution in [2.24, 2.45) is 0 Å². The summed E-state index contributed by atoms with van der Waals surface area (Å²) in [6.45, 7) is 2.72. The molecule has 1 aromatic rings. The van der Waals surface area contributed by atoms with Crippen LogP contribution in [0.3, 0.4) is 0 Å². The van der Waals surface area contributed by atoms with Crippen LogP contribution in [0.4, 0.5) is 0 Å². The fourth-order valence-electron chi connectivity index (χ4n) is 2.72. The van der Waals surface area contributed by atoms with E-state index in [0.29, 0.717) is 6.61 Å². The second kappa shape index (κ2) is 21.8. The zero-order chi connectivity index (χ0) is 19.3. The molecule has 0 aromatic heterocycles. The van der Waals surface area contributed by atoms with Crippen LogP contribution in [-0.2, 0) is 32.4 Å². The maximum Gasteiger partial charge on any atom is 1.00 e. The topological polar surface area (TPSA) is 123 Å². The zero-order valence-electron chi connectivity index (χ0n) is 18.0. The summed E-state index contributed by atoms with van der Waals surface area (Å²) in [6.07, 6.45) is 11.0. The molecule has 0 atom stereocenters. The van der Waals surface area contributed by atoms with E-state index in [1.165, 1.54) is 56.1 Å². The largest absolute Gasteiger partial charge is 1.00 e. The molecule has 2 bridgehead atoms. The van der Waals surface area contributed by atoms with E-state index in [1.54, 1.807) is 0 Å². The molecule has 0 amide bonds. The molecule has 150 valence electrons. The molecule has 1 aromatic carbocycles. The van der Waals surface area contributed by atoms with Crippen molar-refractivity contribution in [2.45, 2.75) is 64.7 Å². The van der Waals surface area contributed by atoms with E-state index in [9.17, 15) is 0 Å². The predicted octanol–water partition coefficient (Wildman–Crippen LogP) is -7.10. The van der Waals surface area contributed by atoms with Crippen molar-refractivity contribution in [3.63, 3.8) is 0 Å². The molecule has 0 saturated heterocycles. The summed E-state index contributed by atoms with van der Waals surface area (Å²) in [5, 5.41) is 9.06. The Morgan fingerprint density at radius 2 is 1.52 bits per heavy atom. The fourth-order valence-corrected chi connectivity index (χ4v) is 2.72. The third kappa shape index (κ3) is 20.4. The summed E-state index contributed by atoms with van der Waals surface area (Å²) in [6, 6.07) is 6.01. The van der Waals surface area contributed by atoms with Crippen LogP contribution in [0, 0.1) is 0 Å². The van der Waals surface area contributed by atoms with Gasteiger partial charge in [-0.2, -0.15) is 7.82 Å². The molecule has 0 unspecified atom stereocenters. The molecule has 0 radical (unpaired) electrons. The second-order valence-corrected chi connectivity index (χ2v) is 6.90. The summed E-state index contributed by atoms with van der Waals surface area (Å²) in [5.41, 5.74) is 2.48. The molecular weight excluding hydrogens is 432 g/mol. The monoisotopic (exact) mass is 458 g/mol. The Balaban J connectivity index is -0.000000758. The van der Waals surface area contributed by atoms with Gasteiger partial charge in [0.1, 0.15) is 0 Å². The van der Waals surface area contributed by atoms with Crippen LogP contribution in [0.2, 0.25) is 0 Å². The molecule has 0 saturated carbocycles. The van der Waals surface area contributed by atoms with Gasteiger partial charge < -0.3 is 24.1 Å². The molecule has 12 heteroatoms. The first kappa shape index (κ1) is 35.6. The average Bonchev–Trinajstić information content (AvgIpc) is 2.61. The standard InChI is InChI=1S/C17H26O4.3Na.H3O4P/c1-2-3-4-5-6-7-8-11-16-15-10-9-12-17(16)19-21-20-18-14-13-15;;;;1-5(2,3)4/h9-10,12H,2-8,11,13-14H2,1H3;;;;(H3,1,2,3,4)/q;3*+1;/p-3. The molecule has 1 aliphatic rings. The smallest absolute Gasteiger partial charge is 0.822 e. The second-order valence-electron chi connectivity index (χ2n) is 6.00. The van der Waals surface area contributed by atoms with Crippen molar-refractivity contribution in [1.82, 2.24) is 0 Å². The number of unbranched alkanes of at least 4 members (excludes halogenated alkanes) is 6. The van der Waals surface area contributed by atoms with Crippen molar-refractivity contribution in [2.75, 3.05) is 6.61 Å². The Morgan fingerprint density at radius 3 is 2.14 bits per heavy atom. The molecular formula is C17H26Na3O8P. The maximum atomic E-state index is 8.55. The molecule has 1 aliphatic heterocycles. The van der Waals surface area contributed by atoms with Gasteiger partial charge >= 0.3 is 88.7 Å². The van der Waals surface area contributed by atoms with Gasteiger partial charge in [0, 0.05) is 10.6 Å². The van der Waals surface area contributed by atoms with Crippen molar-refractivity contribution >= 4 is 7.82 Å². The van der Waals surface area contributed by atoms with E-state index in [0.717, 1.165) is 18.6 Å². The van der Waals surface area contributed by atoms with Gasteiger partial charge in [0.25, 0.3) is 0 Å². The van der Waals surface area contributed by atoms with Crippen LogP contribution in [0.15, 0.2) is 18.2 Å². The summed E-state index contributed by atoms with van der Waals surface area (Å²) in [4.78, 5) is 35.7. The van der Waals surface area contributed by atoms with Gasteiger partial charge in [0.2, 0.25) is 0 Å². The van der Waals surface area contributed by atoms with E-state index in [4.69, 9.17) is 29.0 Å². The number of fused-ring (bicyclic) bond motifs is 2. The predicted molar refractivity (Wildman–Crippen MR) is 88.2 cm³/mol. The Hall–Kier alpha value is 2.01. The molecule has 8 nitrogen and oxygen atoms in total. The molecule has 2 rings (SSSR count). The molecule has 0 aliphatic carbocycles. The molecule has 0 N–H and O–H groups in total. The van der Waals surface area contributed by atoms with Gasteiger partial charge in [-0.25, -0.2) is 4.89 Å². The van der Waals surface area contributed by atoms with Crippen LogP contribution in [0.1, 0.15) is 63.0 Å². The summed E-state index contributed by atoms with van der Waals surface area (Å²) in [7, 11) is -5.39. The maximum absolute atomic E-state index is 8.55. The first-order valence-corrected chi connectivity index (χ1v) is 10.3. The number of benzene rings is 1. The number of hydrogen-bond donors (Lipinski definition) is 0. The van der Waals surface area contributed by atoms with Crippen LogP contribution < -0.4 is 108 Å². The Kier molecular flexibility index (Phi) is 26.8. The minimum Gasteiger partial charge on any atom is -0.822 e. The first-order valence-electron chi connectivity index (χ1n) is 8.88. The van der Waals surface area contributed by atoms with Crippen LogP contribution in [0.25, 0.3) is 0 Å². The van der Waals surface area contributed by atoms with Gasteiger partial charge in [-0.05, 0) is 35.9 Å². The van der Waals surface area contributed by atoms with E-state index in [-0.39, 0.29) is 88.7 Å². The fraction of sp³-hybridized carbons (Fsp3) is 0.647. The van der Waals surface area contributed by atoms with E-state index >= 15 is 0 Å². The van der Waals surface area contributed by atoms with Gasteiger partial charge in [-0.3, -0.25) is 0 Å². The quantitative estimate of drug-likeness (QED) is 0.163. The third-order valence-electron chi connectivity index (χ3n) is 3.91. The summed E-state index contributed by atoms with van der Waals surface area (Å²) < 4.78 is 8.55. The van der Waals surface area contributed by atoms with E-state index in [2.05, 4.69) is 23.1 Å². The number of hydrogen-bond acceptors (Lipinski definition) is 8. The molecule has 29 heavy (non-hydrogen) atoms. The van der Waals surface area contributed by atoms with Crippen LogP contribution in [0.5, 0.6) is 5.75 Å². The average molecular weight is 458 g/mol. The van der Waals surface area contributed by atoms with Gasteiger partial charge in [0.05, 0.1) is 6.61 Å². The van der Waals surface area contributed by atoms with Crippen LogP contribution in [-0.4, -0.2) is 6.61 Å².